The summed E-state index contributed by atoms with van der Waals surface area (Å²) in [6.07, 6.45) is -0.446. The number of hydrogen-bond acceptors (Lipinski definition) is 11. The van der Waals surface area contributed by atoms with Crippen LogP contribution in [0.5, 0.6) is 28.7 Å². The summed E-state index contributed by atoms with van der Waals surface area (Å²) < 4.78 is 37.5. The van der Waals surface area contributed by atoms with Crippen LogP contribution in [0.1, 0.15) is 49.2 Å². The third-order valence-corrected chi connectivity index (χ3v) is 7.08. The number of carbonyl (C=O) groups excluding carboxylic acids is 2. The van der Waals surface area contributed by atoms with Gasteiger partial charge >= 0.3 is 29.6 Å². The van der Waals surface area contributed by atoms with Gasteiger partial charge in [-0.3, -0.25) is 4.79 Å². The molecule has 0 fully saturated rings. The Bertz CT molecular complexity index is 1720. The van der Waals surface area contributed by atoms with Crippen molar-refractivity contribution in [3.05, 3.63) is 70.8 Å². The molecule has 0 atom stereocenters. The number of rotatable bonds is 11. The smallest absolute Gasteiger partial charge is 0.545 e. The third-order valence-electron chi connectivity index (χ3n) is 6.52. The van der Waals surface area contributed by atoms with Crippen LogP contribution in [-0.4, -0.2) is 53.0 Å². The number of carboxylic acid groups (broad SMARTS) is 1. The zero-order chi connectivity index (χ0) is 30.7. The van der Waals surface area contributed by atoms with Crippen molar-refractivity contribution < 1.29 is 67.9 Å². The van der Waals surface area contributed by atoms with E-state index in [1.54, 1.807) is 48.5 Å². The molecular formula is C32H31N2NaO8S. The van der Waals surface area contributed by atoms with E-state index in [1.165, 1.54) is 7.11 Å². The molecule has 1 aromatic heterocycles. The minimum absolute atomic E-state index is 0. The molecule has 44 heavy (non-hydrogen) atoms. The van der Waals surface area contributed by atoms with Gasteiger partial charge in [-0.25, -0.2) is 0 Å². The number of carboxylic acids is 1. The largest absolute Gasteiger partial charge is 1.00 e. The third kappa shape index (κ3) is 7.35. The van der Waals surface area contributed by atoms with Gasteiger partial charge in [-0.1, -0.05) is 6.07 Å². The first-order chi connectivity index (χ1) is 20.6. The number of Topliss-reactive ketones (excluding diaryl/α,β-unsaturated/α-hetero) is 1. The van der Waals surface area contributed by atoms with Crippen molar-refractivity contribution in [3.63, 3.8) is 0 Å². The molecule has 0 radical (unpaired) electrons. The molecule has 10 nitrogen and oxygen atoms in total. The molecule has 1 aliphatic heterocycles. The van der Waals surface area contributed by atoms with Crippen LogP contribution in [-0.2, 0) is 11.2 Å². The van der Waals surface area contributed by atoms with E-state index in [2.05, 4.69) is 8.75 Å². The van der Waals surface area contributed by atoms with Crippen LogP contribution in [0.4, 0.5) is 0 Å². The van der Waals surface area contributed by atoms with Gasteiger partial charge in [-0.2, -0.15) is 8.75 Å². The first kappa shape index (κ1) is 33.3. The topological polar surface area (TPSA) is 129 Å². The van der Waals surface area contributed by atoms with E-state index in [-0.39, 0.29) is 70.5 Å². The Kier molecular flexibility index (Phi) is 10.9. The van der Waals surface area contributed by atoms with Crippen molar-refractivity contribution in [2.45, 2.75) is 46.3 Å². The molecule has 4 aromatic rings. The van der Waals surface area contributed by atoms with E-state index in [0.717, 1.165) is 11.7 Å². The number of aromatic nitrogens is 2. The van der Waals surface area contributed by atoms with Crippen LogP contribution >= 0.6 is 11.7 Å². The van der Waals surface area contributed by atoms with E-state index >= 15 is 0 Å². The van der Waals surface area contributed by atoms with Crippen molar-refractivity contribution in [1.82, 2.24) is 8.75 Å². The molecular weight excluding hydrogens is 595 g/mol. The fourth-order valence-electron chi connectivity index (χ4n) is 4.78. The normalized spacial score (nSPS) is 12.9. The Labute approximate surface area is 281 Å². The molecule has 0 spiro atoms. The standard InChI is InChI=1S/C32H32N2O8S.Na/c1-17(2)41-28-14-19(13-27(38-5)31(28)42-18(3)4)12-22(30(35)21-7-9-25-26(16-21)40-11-10-39-25)29(32(36)37)20-6-8-23-24(15-20)34-43-33-23;/h6-9,13-18H,10-12H2,1-5H3,(H,36,37);/q;+1/p-1. The van der Waals surface area contributed by atoms with Gasteiger partial charge in [0, 0.05) is 23.1 Å². The maximum Gasteiger partial charge on any atom is 1.00 e. The summed E-state index contributed by atoms with van der Waals surface area (Å²) in [6, 6.07) is 13.1. The molecule has 2 heterocycles. The number of ketones is 1. The number of aliphatic carboxylic acids is 1. The number of ether oxygens (including phenoxy) is 5. The molecule has 5 rings (SSSR count). The number of fused-ring (bicyclic) bond motifs is 2. The van der Waals surface area contributed by atoms with Crippen LogP contribution in [0.15, 0.2) is 54.1 Å². The van der Waals surface area contributed by atoms with E-state index in [9.17, 15) is 14.7 Å². The predicted octanol–water partition coefficient (Wildman–Crippen LogP) is 1.68. The average molecular weight is 627 g/mol. The minimum atomic E-state index is -1.51. The molecule has 224 valence electrons. The Balaban J connectivity index is 0.00000442. The summed E-state index contributed by atoms with van der Waals surface area (Å²) in [6.45, 7) is 8.27. The Hall–Kier alpha value is -3.64. The predicted molar refractivity (Wildman–Crippen MR) is 159 cm³/mol. The molecule has 0 bridgehead atoms. The molecule has 0 N–H and O–H groups in total. The molecule has 0 aliphatic carbocycles. The summed E-state index contributed by atoms with van der Waals surface area (Å²) in [5.74, 6) is 0.114. The van der Waals surface area contributed by atoms with E-state index in [4.69, 9.17) is 23.7 Å². The fraction of sp³-hybridized carbons (Fsp3) is 0.312. The molecule has 3 aromatic carbocycles. The quantitative estimate of drug-likeness (QED) is 0.138. The number of benzene rings is 3. The van der Waals surface area contributed by atoms with E-state index in [0.29, 0.717) is 58.6 Å². The van der Waals surface area contributed by atoms with Crippen molar-refractivity contribution in [1.29, 1.82) is 0 Å². The zero-order valence-electron chi connectivity index (χ0n) is 25.5. The maximum absolute atomic E-state index is 14.2. The first-order valence-corrected chi connectivity index (χ1v) is 14.5. The van der Waals surface area contributed by atoms with Gasteiger partial charge in [0.15, 0.2) is 28.8 Å². The molecule has 0 saturated carbocycles. The second-order valence-electron chi connectivity index (χ2n) is 10.4. The average Bonchev–Trinajstić information content (AvgIpc) is 3.45. The number of hydrogen-bond donors (Lipinski definition) is 0. The van der Waals surface area contributed by atoms with Crippen molar-refractivity contribution in [2.24, 2.45) is 0 Å². The summed E-state index contributed by atoms with van der Waals surface area (Å²) in [4.78, 5) is 27.1. The Morgan fingerprint density at radius 2 is 1.52 bits per heavy atom. The second kappa shape index (κ2) is 14.4. The Morgan fingerprint density at radius 1 is 0.864 bits per heavy atom. The van der Waals surface area contributed by atoms with Gasteiger partial charge in [0.2, 0.25) is 5.75 Å². The van der Waals surface area contributed by atoms with Gasteiger partial charge in [-0.05, 0) is 81.3 Å². The number of allylic oxidation sites excluding steroid dienone is 1. The SMILES string of the molecule is COc1cc(CC(C(=O)c2ccc3c(c2)OCCO3)=C(C(=O)[O-])c2ccc3nsnc3c2)cc(OC(C)C)c1OC(C)C.[Na+]. The van der Waals surface area contributed by atoms with E-state index < -0.39 is 11.8 Å². The summed E-state index contributed by atoms with van der Waals surface area (Å²) in [5, 5.41) is 12.8. The van der Waals surface area contributed by atoms with Gasteiger partial charge in [0.05, 0.1) is 37.0 Å². The van der Waals surface area contributed by atoms with Gasteiger partial charge in [0.1, 0.15) is 24.2 Å². The summed E-state index contributed by atoms with van der Waals surface area (Å²) >= 11 is 1.01. The summed E-state index contributed by atoms with van der Waals surface area (Å²) in [7, 11) is 1.51. The zero-order valence-corrected chi connectivity index (χ0v) is 28.3. The van der Waals surface area contributed by atoms with Gasteiger partial charge in [0.25, 0.3) is 0 Å². The minimum Gasteiger partial charge on any atom is -0.545 e. The fourth-order valence-corrected chi connectivity index (χ4v) is 5.29. The van der Waals surface area contributed by atoms with Crippen molar-refractivity contribution in [3.8, 4) is 28.7 Å². The van der Waals surface area contributed by atoms with Crippen LogP contribution in [0, 0.1) is 0 Å². The number of methoxy groups -OCH3 is 1. The first-order valence-electron chi connectivity index (χ1n) is 13.8. The van der Waals surface area contributed by atoms with Crippen LogP contribution in [0.2, 0.25) is 0 Å². The van der Waals surface area contributed by atoms with E-state index in [1.807, 2.05) is 27.7 Å². The molecule has 1 aliphatic rings. The van der Waals surface area contributed by atoms with Crippen LogP contribution < -0.4 is 58.3 Å². The van der Waals surface area contributed by atoms with Gasteiger partial charge in [-0.15, -0.1) is 0 Å². The number of carbonyl (C=O) groups is 2. The monoisotopic (exact) mass is 626 g/mol. The summed E-state index contributed by atoms with van der Waals surface area (Å²) in [5.41, 5.74) is 1.94. The molecule has 12 heteroatoms. The van der Waals surface area contributed by atoms with Gasteiger partial charge < -0.3 is 33.6 Å². The second-order valence-corrected chi connectivity index (χ2v) is 11.0. The van der Waals surface area contributed by atoms with Crippen LogP contribution in [0.25, 0.3) is 16.6 Å². The molecule has 0 saturated heterocycles. The Morgan fingerprint density at radius 3 is 2.20 bits per heavy atom. The molecule has 0 amide bonds. The number of nitrogens with zero attached hydrogens (tertiary/aromatic N) is 2. The molecule has 0 unspecified atom stereocenters. The van der Waals surface area contributed by atoms with Crippen LogP contribution in [0.3, 0.4) is 0 Å². The maximum atomic E-state index is 14.2. The van der Waals surface area contributed by atoms with Crippen molar-refractivity contribution in [2.75, 3.05) is 20.3 Å². The van der Waals surface area contributed by atoms with Crippen molar-refractivity contribution >= 4 is 40.1 Å².